The summed E-state index contributed by atoms with van der Waals surface area (Å²) in [6, 6.07) is 4.76. The lowest BCUT2D eigenvalue weighted by Crippen LogP contribution is -2.43. The number of ether oxygens (including phenoxy) is 1. The fraction of sp³-hybridized carbons (Fsp3) is 0.556. The van der Waals surface area contributed by atoms with Gasteiger partial charge in [-0.1, -0.05) is 13.0 Å². The van der Waals surface area contributed by atoms with Crippen molar-refractivity contribution < 1.29 is 9.13 Å². The van der Waals surface area contributed by atoms with Crippen LogP contribution in [0.15, 0.2) is 30.9 Å². The standard InChI is InChI=1S/C18H26FNO/c1-6-18(5,12-20-17(2,3)4)11-15-10-13-9-14(19)7-8-16(13)21-15/h6-9,15,20H,1,10-12H2,2-5H3. The van der Waals surface area contributed by atoms with Gasteiger partial charge in [-0.25, -0.2) is 4.39 Å². The number of benzene rings is 1. The molecule has 2 nitrogen and oxygen atoms in total. The van der Waals surface area contributed by atoms with Crippen molar-refractivity contribution in [3.8, 4) is 5.75 Å². The first-order valence-electron chi connectivity index (χ1n) is 7.54. The molecule has 21 heavy (non-hydrogen) atoms. The first-order valence-corrected chi connectivity index (χ1v) is 7.54. The third-order valence-corrected chi connectivity index (χ3v) is 3.97. The molecule has 0 fully saturated rings. The quantitative estimate of drug-likeness (QED) is 0.825. The summed E-state index contributed by atoms with van der Waals surface area (Å²) in [7, 11) is 0. The molecule has 0 aliphatic carbocycles. The second-order valence-electron chi connectivity index (χ2n) is 7.36. The minimum absolute atomic E-state index is 0.0431. The van der Waals surface area contributed by atoms with Gasteiger partial charge in [-0.05, 0) is 45.4 Å². The van der Waals surface area contributed by atoms with Crippen LogP contribution in [0.25, 0.3) is 0 Å². The van der Waals surface area contributed by atoms with E-state index >= 15 is 0 Å². The van der Waals surface area contributed by atoms with Crippen molar-refractivity contribution in [3.05, 3.63) is 42.2 Å². The fourth-order valence-electron chi connectivity index (χ4n) is 2.62. The van der Waals surface area contributed by atoms with Crippen LogP contribution in [0, 0.1) is 11.2 Å². The van der Waals surface area contributed by atoms with Gasteiger partial charge in [0.2, 0.25) is 0 Å². The highest BCUT2D eigenvalue weighted by atomic mass is 19.1. The number of fused-ring (bicyclic) bond motifs is 1. The van der Waals surface area contributed by atoms with Crippen LogP contribution < -0.4 is 10.1 Å². The maximum Gasteiger partial charge on any atom is 0.123 e. The van der Waals surface area contributed by atoms with E-state index in [0.717, 1.165) is 30.7 Å². The third-order valence-electron chi connectivity index (χ3n) is 3.97. The van der Waals surface area contributed by atoms with Crippen LogP contribution in [0.2, 0.25) is 0 Å². The predicted octanol–water partition coefficient (Wildman–Crippen LogP) is 4.10. The van der Waals surface area contributed by atoms with E-state index in [2.05, 4.69) is 39.6 Å². The van der Waals surface area contributed by atoms with Crippen LogP contribution in [0.4, 0.5) is 4.39 Å². The lowest BCUT2D eigenvalue weighted by molar-refractivity contribution is 0.164. The SMILES string of the molecule is C=CC(C)(CNC(C)(C)C)CC1Cc2cc(F)ccc2O1. The average molecular weight is 291 g/mol. The molecule has 1 aliphatic heterocycles. The highest BCUT2D eigenvalue weighted by molar-refractivity contribution is 5.38. The van der Waals surface area contributed by atoms with Crippen LogP contribution >= 0.6 is 0 Å². The van der Waals surface area contributed by atoms with E-state index in [-0.39, 0.29) is 22.9 Å². The molecule has 2 unspecified atom stereocenters. The summed E-state index contributed by atoms with van der Waals surface area (Å²) in [6.45, 7) is 13.5. The van der Waals surface area contributed by atoms with Crippen molar-refractivity contribution in [1.29, 1.82) is 0 Å². The topological polar surface area (TPSA) is 21.3 Å². The normalized spacial score (nSPS) is 20.5. The molecule has 116 valence electrons. The number of hydrogen-bond donors (Lipinski definition) is 1. The lowest BCUT2D eigenvalue weighted by Gasteiger charge is -2.32. The molecule has 0 aromatic heterocycles. The van der Waals surface area contributed by atoms with Gasteiger partial charge in [0.1, 0.15) is 17.7 Å². The summed E-state index contributed by atoms with van der Waals surface area (Å²) in [5, 5.41) is 3.53. The Balaban J connectivity index is 1.99. The van der Waals surface area contributed by atoms with Gasteiger partial charge >= 0.3 is 0 Å². The Morgan fingerprint density at radius 2 is 2.10 bits per heavy atom. The monoisotopic (exact) mass is 291 g/mol. The number of rotatable bonds is 5. The molecule has 0 amide bonds. The van der Waals surface area contributed by atoms with E-state index < -0.39 is 0 Å². The number of hydrogen-bond acceptors (Lipinski definition) is 2. The van der Waals surface area contributed by atoms with Gasteiger partial charge in [0.05, 0.1) is 0 Å². The predicted molar refractivity (Wildman–Crippen MR) is 85.2 cm³/mol. The van der Waals surface area contributed by atoms with E-state index in [1.54, 1.807) is 12.1 Å². The Morgan fingerprint density at radius 3 is 2.71 bits per heavy atom. The molecule has 0 spiro atoms. The maximum atomic E-state index is 13.3. The average Bonchev–Trinajstić information content (AvgIpc) is 2.77. The molecular weight excluding hydrogens is 265 g/mol. The summed E-state index contributed by atoms with van der Waals surface area (Å²) in [6.07, 6.45) is 3.73. The van der Waals surface area contributed by atoms with Crippen molar-refractivity contribution in [2.45, 2.75) is 52.2 Å². The Kier molecular flexibility index (Phi) is 4.43. The van der Waals surface area contributed by atoms with Crippen molar-refractivity contribution in [3.63, 3.8) is 0 Å². The summed E-state index contributed by atoms with van der Waals surface area (Å²) in [5.41, 5.74) is 1.00. The number of halogens is 1. The zero-order chi connectivity index (χ0) is 15.7. The van der Waals surface area contributed by atoms with Crippen LogP contribution in [0.1, 0.15) is 39.7 Å². The minimum Gasteiger partial charge on any atom is -0.490 e. The smallest absolute Gasteiger partial charge is 0.123 e. The minimum atomic E-state index is -0.195. The van der Waals surface area contributed by atoms with Gasteiger partial charge < -0.3 is 10.1 Å². The van der Waals surface area contributed by atoms with Crippen LogP contribution in [-0.4, -0.2) is 18.2 Å². The van der Waals surface area contributed by atoms with E-state index in [1.165, 1.54) is 6.07 Å². The fourth-order valence-corrected chi connectivity index (χ4v) is 2.62. The second-order valence-corrected chi connectivity index (χ2v) is 7.36. The molecule has 1 heterocycles. The van der Waals surface area contributed by atoms with Gasteiger partial charge in [0.25, 0.3) is 0 Å². The molecule has 1 aromatic carbocycles. The summed E-state index contributed by atoms with van der Waals surface area (Å²) < 4.78 is 19.2. The Morgan fingerprint density at radius 1 is 1.38 bits per heavy atom. The molecule has 0 radical (unpaired) electrons. The molecule has 0 saturated heterocycles. The van der Waals surface area contributed by atoms with E-state index in [9.17, 15) is 4.39 Å². The van der Waals surface area contributed by atoms with E-state index in [4.69, 9.17) is 4.74 Å². The highest BCUT2D eigenvalue weighted by Gasteiger charge is 2.31. The summed E-state index contributed by atoms with van der Waals surface area (Å²) >= 11 is 0. The second kappa shape index (κ2) is 5.80. The third kappa shape index (κ3) is 4.31. The van der Waals surface area contributed by atoms with E-state index in [1.807, 2.05) is 6.08 Å². The van der Waals surface area contributed by atoms with Crippen molar-refractivity contribution in [1.82, 2.24) is 5.32 Å². The zero-order valence-corrected chi connectivity index (χ0v) is 13.5. The highest BCUT2D eigenvalue weighted by Crippen LogP contribution is 2.35. The molecule has 1 N–H and O–H groups in total. The molecule has 3 heteroatoms. The zero-order valence-electron chi connectivity index (χ0n) is 13.5. The van der Waals surface area contributed by atoms with Crippen molar-refractivity contribution in [2.75, 3.05) is 6.54 Å². The van der Waals surface area contributed by atoms with Crippen LogP contribution in [0.5, 0.6) is 5.75 Å². The summed E-state index contributed by atoms with van der Waals surface area (Å²) in [5.74, 6) is 0.621. The van der Waals surface area contributed by atoms with Crippen LogP contribution in [-0.2, 0) is 6.42 Å². The Hall–Kier alpha value is -1.35. The molecule has 2 atom stereocenters. The molecule has 0 bridgehead atoms. The molecule has 1 aliphatic rings. The van der Waals surface area contributed by atoms with E-state index in [0.29, 0.717) is 0 Å². The van der Waals surface area contributed by atoms with Gasteiger partial charge in [-0.2, -0.15) is 0 Å². The first kappa shape index (κ1) is 16.0. The Labute approximate surface area is 127 Å². The largest absolute Gasteiger partial charge is 0.490 e. The van der Waals surface area contributed by atoms with Gasteiger partial charge in [-0.3, -0.25) is 0 Å². The van der Waals surface area contributed by atoms with Gasteiger partial charge in [0, 0.05) is 29.5 Å². The van der Waals surface area contributed by atoms with Gasteiger partial charge in [0.15, 0.2) is 0 Å². The van der Waals surface area contributed by atoms with Crippen molar-refractivity contribution in [2.24, 2.45) is 5.41 Å². The lowest BCUT2D eigenvalue weighted by atomic mass is 9.83. The van der Waals surface area contributed by atoms with Crippen molar-refractivity contribution >= 4 is 0 Å². The summed E-state index contributed by atoms with van der Waals surface area (Å²) in [4.78, 5) is 0. The first-order chi connectivity index (χ1) is 9.71. The molecule has 0 saturated carbocycles. The molecule has 2 rings (SSSR count). The van der Waals surface area contributed by atoms with Crippen LogP contribution in [0.3, 0.4) is 0 Å². The van der Waals surface area contributed by atoms with Gasteiger partial charge in [-0.15, -0.1) is 6.58 Å². The number of nitrogens with one attached hydrogen (secondary N) is 1. The molecular formula is C18H26FNO. The Bertz CT molecular complexity index is 520. The molecule has 1 aromatic rings. The maximum absolute atomic E-state index is 13.3.